The monoisotopic (exact) mass is 453 g/mol. The Morgan fingerprint density at radius 1 is 0.909 bits per heavy atom. The molecule has 0 spiro atoms. The predicted molar refractivity (Wildman–Crippen MR) is 136 cm³/mol. The van der Waals surface area contributed by atoms with Gasteiger partial charge in [-0.3, -0.25) is 9.97 Å². The van der Waals surface area contributed by atoms with E-state index in [2.05, 4.69) is 93.3 Å². The SMILES string of the molecule is CC(C)c1ccc(N2C(=S)N[C@H](c3ccccn3)[C@H]2c2cccn2Cc2ccccn2)cc1. The fraction of sp³-hybridized carbons (Fsp3) is 0.222. The number of anilines is 1. The zero-order valence-electron chi connectivity index (χ0n) is 18.8. The van der Waals surface area contributed by atoms with Crippen LogP contribution in [0.1, 0.15) is 54.5 Å². The Morgan fingerprint density at radius 3 is 2.33 bits per heavy atom. The summed E-state index contributed by atoms with van der Waals surface area (Å²) in [5.41, 5.74) is 5.54. The van der Waals surface area contributed by atoms with E-state index in [-0.39, 0.29) is 12.1 Å². The molecule has 0 bridgehead atoms. The van der Waals surface area contributed by atoms with Gasteiger partial charge in [-0.1, -0.05) is 38.1 Å². The molecule has 1 aromatic carbocycles. The second-order valence-electron chi connectivity index (χ2n) is 8.62. The lowest BCUT2D eigenvalue weighted by atomic mass is 9.99. The summed E-state index contributed by atoms with van der Waals surface area (Å²) in [5.74, 6) is 0.482. The second-order valence-corrected chi connectivity index (χ2v) is 9.01. The van der Waals surface area contributed by atoms with Crippen LogP contribution in [0.5, 0.6) is 0 Å². The Labute approximate surface area is 200 Å². The van der Waals surface area contributed by atoms with E-state index < -0.39 is 0 Å². The predicted octanol–water partition coefficient (Wildman–Crippen LogP) is 5.63. The number of aromatic nitrogens is 3. The van der Waals surface area contributed by atoms with Crippen LogP contribution in [0, 0.1) is 0 Å². The first-order chi connectivity index (χ1) is 16.1. The molecule has 1 aliphatic rings. The third-order valence-electron chi connectivity index (χ3n) is 6.16. The van der Waals surface area contributed by atoms with Crippen molar-refractivity contribution in [1.82, 2.24) is 19.9 Å². The molecule has 1 saturated heterocycles. The molecule has 1 aliphatic heterocycles. The summed E-state index contributed by atoms with van der Waals surface area (Å²) in [6.45, 7) is 5.12. The minimum Gasteiger partial charge on any atom is -0.351 e. The number of hydrogen-bond acceptors (Lipinski definition) is 3. The molecule has 1 fully saturated rings. The van der Waals surface area contributed by atoms with E-state index in [4.69, 9.17) is 12.2 Å². The average Bonchev–Trinajstić information content (AvgIpc) is 3.44. The van der Waals surface area contributed by atoms with Gasteiger partial charge in [0.15, 0.2) is 5.11 Å². The molecule has 0 saturated carbocycles. The van der Waals surface area contributed by atoms with Crippen LogP contribution in [0.2, 0.25) is 0 Å². The first kappa shape index (κ1) is 21.3. The van der Waals surface area contributed by atoms with Gasteiger partial charge in [-0.25, -0.2) is 0 Å². The third kappa shape index (κ3) is 4.26. The summed E-state index contributed by atoms with van der Waals surface area (Å²) in [4.78, 5) is 11.4. The molecule has 0 amide bonds. The molecule has 0 aliphatic carbocycles. The van der Waals surface area contributed by atoms with E-state index in [0.29, 0.717) is 17.6 Å². The zero-order chi connectivity index (χ0) is 22.8. The van der Waals surface area contributed by atoms with Gasteiger partial charge in [0.1, 0.15) is 6.04 Å². The highest BCUT2D eigenvalue weighted by Gasteiger charge is 2.42. The summed E-state index contributed by atoms with van der Waals surface area (Å²) >= 11 is 5.87. The van der Waals surface area contributed by atoms with E-state index in [1.165, 1.54) is 5.56 Å². The second kappa shape index (κ2) is 9.16. The maximum atomic E-state index is 5.87. The lowest BCUT2D eigenvalue weighted by Gasteiger charge is -2.29. The van der Waals surface area contributed by atoms with Crippen LogP contribution in [0.25, 0.3) is 0 Å². The van der Waals surface area contributed by atoms with Crippen molar-refractivity contribution in [2.24, 2.45) is 0 Å². The van der Waals surface area contributed by atoms with Gasteiger partial charge in [0, 0.05) is 30.0 Å². The van der Waals surface area contributed by atoms with E-state index in [9.17, 15) is 0 Å². The number of benzene rings is 1. The maximum Gasteiger partial charge on any atom is 0.174 e. The summed E-state index contributed by atoms with van der Waals surface area (Å²) in [6, 6.07) is 24.9. The minimum absolute atomic E-state index is 0.0454. The van der Waals surface area contributed by atoms with Crippen LogP contribution in [0.3, 0.4) is 0 Å². The average molecular weight is 454 g/mol. The summed E-state index contributed by atoms with van der Waals surface area (Å²) in [7, 11) is 0. The van der Waals surface area contributed by atoms with Gasteiger partial charge in [-0.05, 0) is 72.2 Å². The summed E-state index contributed by atoms with van der Waals surface area (Å²) < 4.78 is 2.26. The number of thiocarbonyl (C=S) groups is 1. The molecular formula is C27H27N5S. The molecular weight excluding hydrogens is 426 g/mol. The number of nitrogens with zero attached hydrogens (tertiary/aromatic N) is 4. The van der Waals surface area contributed by atoms with E-state index in [1.807, 2.05) is 36.7 Å². The van der Waals surface area contributed by atoms with Crippen LogP contribution >= 0.6 is 12.2 Å². The van der Waals surface area contributed by atoms with E-state index in [0.717, 1.165) is 22.8 Å². The highest BCUT2D eigenvalue weighted by molar-refractivity contribution is 7.80. The van der Waals surface area contributed by atoms with Gasteiger partial charge in [-0.15, -0.1) is 0 Å². The van der Waals surface area contributed by atoms with Crippen LogP contribution in [0.15, 0.2) is 91.4 Å². The number of rotatable bonds is 6. The molecule has 0 radical (unpaired) electrons. The third-order valence-corrected chi connectivity index (χ3v) is 6.48. The lowest BCUT2D eigenvalue weighted by molar-refractivity contribution is 0.532. The Kier molecular flexibility index (Phi) is 5.92. The molecule has 5 nitrogen and oxygen atoms in total. The Balaban J connectivity index is 1.58. The number of nitrogens with one attached hydrogen (secondary N) is 1. The minimum atomic E-state index is -0.0687. The molecule has 5 rings (SSSR count). The molecule has 0 unspecified atom stereocenters. The fourth-order valence-electron chi connectivity index (χ4n) is 4.46. The maximum absolute atomic E-state index is 5.87. The van der Waals surface area contributed by atoms with Gasteiger partial charge >= 0.3 is 0 Å². The van der Waals surface area contributed by atoms with Gasteiger partial charge in [0.2, 0.25) is 0 Å². The van der Waals surface area contributed by atoms with E-state index in [1.54, 1.807) is 0 Å². The van der Waals surface area contributed by atoms with Gasteiger partial charge < -0.3 is 14.8 Å². The number of hydrogen-bond donors (Lipinski definition) is 1. The lowest BCUT2D eigenvalue weighted by Crippen LogP contribution is -2.30. The highest BCUT2D eigenvalue weighted by Crippen LogP contribution is 2.41. The van der Waals surface area contributed by atoms with Crippen molar-refractivity contribution >= 4 is 23.0 Å². The molecule has 6 heteroatoms. The molecule has 33 heavy (non-hydrogen) atoms. The zero-order valence-corrected chi connectivity index (χ0v) is 19.6. The Morgan fingerprint density at radius 2 is 1.67 bits per heavy atom. The van der Waals surface area contributed by atoms with Gasteiger partial charge in [0.25, 0.3) is 0 Å². The molecule has 4 heterocycles. The molecule has 2 atom stereocenters. The first-order valence-electron chi connectivity index (χ1n) is 11.3. The van der Waals surface area contributed by atoms with Crippen LogP contribution in [-0.2, 0) is 6.54 Å². The van der Waals surface area contributed by atoms with Crippen molar-refractivity contribution in [2.75, 3.05) is 4.90 Å². The van der Waals surface area contributed by atoms with Crippen molar-refractivity contribution in [3.05, 3.63) is 114 Å². The van der Waals surface area contributed by atoms with Crippen LogP contribution < -0.4 is 10.2 Å². The van der Waals surface area contributed by atoms with Crippen molar-refractivity contribution in [3.8, 4) is 0 Å². The summed E-state index contributed by atoms with van der Waals surface area (Å²) in [5, 5.41) is 4.26. The first-order valence-corrected chi connectivity index (χ1v) is 11.7. The van der Waals surface area contributed by atoms with Crippen molar-refractivity contribution < 1.29 is 0 Å². The Hall–Kier alpha value is -3.51. The van der Waals surface area contributed by atoms with Gasteiger partial charge in [0.05, 0.1) is 24.0 Å². The quantitative estimate of drug-likeness (QED) is 0.384. The summed E-state index contributed by atoms with van der Waals surface area (Å²) in [6.07, 6.45) is 5.79. The largest absolute Gasteiger partial charge is 0.351 e. The number of pyridine rings is 2. The molecule has 4 aromatic rings. The molecule has 166 valence electrons. The van der Waals surface area contributed by atoms with Crippen LogP contribution in [0.4, 0.5) is 5.69 Å². The van der Waals surface area contributed by atoms with Crippen molar-refractivity contribution in [1.29, 1.82) is 0 Å². The van der Waals surface area contributed by atoms with Gasteiger partial charge in [-0.2, -0.15) is 0 Å². The Bertz CT molecular complexity index is 1220. The smallest absolute Gasteiger partial charge is 0.174 e. The normalized spacial score (nSPS) is 18.0. The van der Waals surface area contributed by atoms with Crippen molar-refractivity contribution in [3.63, 3.8) is 0 Å². The standard InChI is InChI=1S/C27H27N5S/c1-19(2)20-11-13-22(14-12-20)32-26(25(30-27(32)33)23-9-4-6-16-29-23)24-10-7-17-31(24)18-21-8-3-5-15-28-21/h3-17,19,25-26H,18H2,1-2H3,(H,30,33)/t25-,26-/m1/s1. The van der Waals surface area contributed by atoms with Crippen molar-refractivity contribution in [2.45, 2.75) is 38.4 Å². The van der Waals surface area contributed by atoms with Crippen LogP contribution in [-0.4, -0.2) is 19.6 Å². The molecule has 1 N–H and O–H groups in total. The fourth-order valence-corrected chi connectivity index (χ4v) is 4.81. The van der Waals surface area contributed by atoms with E-state index >= 15 is 0 Å². The topological polar surface area (TPSA) is 46.0 Å². The molecule has 3 aromatic heterocycles. The highest BCUT2D eigenvalue weighted by atomic mass is 32.1.